The lowest BCUT2D eigenvalue weighted by Crippen LogP contribution is -2.49. The second-order valence-electron chi connectivity index (χ2n) is 6.20. The van der Waals surface area contributed by atoms with E-state index in [2.05, 4.69) is 10.6 Å². The lowest BCUT2D eigenvalue weighted by molar-refractivity contribution is -0.140. The molecule has 3 atom stereocenters. The van der Waals surface area contributed by atoms with Gasteiger partial charge in [0, 0.05) is 0 Å². The van der Waals surface area contributed by atoms with Crippen molar-refractivity contribution in [2.45, 2.75) is 51.7 Å². The third-order valence-corrected chi connectivity index (χ3v) is 4.14. The van der Waals surface area contributed by atoms with Crippen LogP contribution in [0, 0.1) is 0 Å². The van der Waals surface area contributed by atoms with Gasteiger partial charge in [0.2, 0.25) is 5.91 Å². The standard InChI is InChI=1S/C18H26N2O5.ClH/c1-4-5-14(18(22)23)19-12(3)17(21)20-11(2)13-6-7-15-16(10-13)25-9-8-24-15;/h6-7,10-12,14,19H,4-5,8-9H2,1-3H3,(H,20,21)(H,22,23);1H. The number of halogens is 1. The maximum Gasteiger partial charge on any atom is 0.320 e. The van der Waals surface area contributed by atoms with Crippen LogP contribution in [0.25, 0.3) is 0 Å². The predicted molar refractivity (Wildman–Crippen MR) is 100 cm³/mol. The van der Waals surface area contributed by atoms with E-state index in [-0.39, 0.29) is 24.4 Å². The van der Waals surface area contributed by atoms with Crippen molar-refractivity contribution in [3.8, 4) is 11.5 Å². The van der Waals surface area contributed by atoms with Crippen LogP contribution in [0.1, 0.15) is 45.2 Å². The predicted octanol–water partition coefficient (Wildman–Crippen LogP) is 2.29. The number of hydrogen-bond donors (Lipinski definition) is 3. The second kappa shape index (κ2) is 10.2. The van der Waals surface area contributed by atoms with Crippen molar-refractivity contribution in [3.63, 3.8) is 0 Å². The molecule has 1 heterocycles. The third kappa shape index (κ3) is 5.78. The second-order valence-corrected chi connectivity index (χ2v) is 6.20. The van der Waals surface area contributed by atoms with Crippen LogP contribution in [0.5, 0.6) is 11.5 Å². The summed E-state index contributed by atoms with van der Waals surface area (Å²) in [6.07, 6.45) is 1.20. The lowest BCUT2D eigenvalue weighted by Gasteiger charge is -2.23. The summed E-state index contributed by atoms with van der Waals surface area (Å²) in [5, 5.41) is 15.0. The van der Waals surface area contributed by atoms with Crippen molar-refractivity contribution in [3.05, 3.63) is 23.8 Å². The fourth-order valence-corrected chi connectivity index (χ4v) is 2.70. The summed E-state index contributed by atoms with van der Waals surface area (Å²) in [6.45, 7) is 6.48. The number of carboxylic acids is 1. The summed E-state index contributed by atoms with van der Waals surface area (Å²) in [4.78, 5) is 23.6. The Balaban J connectivity index is 0.00000338. The Labute approximate surface area is 159 Å². The number of hydrogen-bond acceptors (Lipinski definition) is 5. The normalized spacial score (nSPS) is 16.0. The van der Waals surface area contributed by atoms with Crippen molar-refractivity contribution < 1.29 is 24.2 Å². The molecule has 0 fully saturated rings. The molecule has 146 valence electrons. The van der Waals surface area contributed by atoms with E-state index in [0.29, 0.717) is 31.1 Å². The summed E-state index contributed by atoms with van der Waals surface area (Å²) in [6, 6.07) is 4.00. The van der Waals surface area contributed by atoms with E-state index in [1.54, 1.807) is 6.92 Å². The van der Waals surface area contributed by atoms with Crippen LogP contribution in [0.2, 0.25) is 0 Å². The first-order valence-electron chi connectivity index (χ1n) is 8.61. The lowest BCUT2D eigenvalue weighted by atomic mass is 10.1. The first-order valence-corrected chi connectivity index (χ1v) is 8.61. The van der Waals surface area contributed by atoms with E-state index in [1.807, 2.05) is 32.0 Å². The number of aliphatic carboxylic acids is 1. The molecule has 3 unspecified atom stereocenters. The molecular weight excluding hydrogens is 360 g/mol. The van der Waals surface area contributed by atoms with E-state index in [1.165, 1.54) is 0 Å². The Morgan fingerprint density at radius 1 is 1.19 bits per heavy atom. The average molecular weight is 387 g/mol. The number of rotatable bonds is 8. The quantitative estimate of drug-likeness (QED) is 0.634. The highest BCUT2D eigenvalue weighted by molar-refractivity contribution is 5.85. The van der Waals surface area contributed by atoms with E-state index >= 15 is 0 Å². The summed E-state index contributed by atoms with van der Waals surface area (Å²) < 4.78 is 11.0. The van der Waals surface area contributed by atoms with Gasteiger partial charge in [-0.25, -0.2) is 0 Å². The minimum absolute atomic E-state index is 0. The third-order valence-electron chi connectivity index (χ3n) is 4.14. The smallest absolute Gasteiger partial charge is 0.320 e. The van der Waals surface area contributed by atoms with E-state index in [0.717, 1.165) is 12.0 Å². The fourth-order valence-electron chi connectivity index (χ4n) is 2.70. The average Bonchev–Trinajstić information content (AvgIpc) is 2.60. The highest BCUT2D eigenvalue weighted by atomic mass is 35.5. The van der Waals surface area contributed by atoms with Gasteiger partial charge < -0.3 is 19.9 Å². The van der Waals surface area contributed by atoms with Crippen LogP contribution in [-0.2, 0) is 9.59 Å². The SMILES string of the molecule is CCCC(NC(C)C(=O)NC(C)c1ccc2c(c1)OCCO2)C(=O)O.Cl. The van der Waals surface area contributed by atoms with Gasteiger partial charge in [-0.1, -0.05) is 19.4 Å². The Morgan fingerprint density at radius 2 is 1.85 bits per heavy atom. The Bertz CT molecular complexity index is 626. The van der Waals surface area contributed by atoms with Crippen molar-refractivity contribution in [1.82, 2.24) is 10.6 Å². The van der Waals surface area contributed by atoms with Gasteiger partial charge in [0.15, 0.2) is 11.5 Å². The number of ether oxygens (including phenoxy) is 2. The Kier molecular flexibility index (Phi) is 8.68. The van der Waals surface area contributed by atoms with Crippen molar-refractivity contribution in [1.29, 1.82) is 0 Å². The molecule has 0 saturated heterocycles. The minimum Gasteiger partial charge on any atom is -0.486 e. The number of amides is 1. The maximum atomic E-state index is 12.4. The van der Waals surface area contributed by atoms with Gasteiger partial charge in [0.05, 0.1) is 12.1 Å². The molecule has 0 bridgehead atoms. The zero-order chi connectivity index (χ0) is 18.4. The molecule has 0 saturated carbocycles. The molecule has 8 heteroatoms. The fraction of sp³-hybridized carbons (Fsp3) is 0.556. The summed E-state index contributed by atoms with van der Waals surface area (Å²) in [5.74, 6) is 0.184. The molecular formula is C18H27ClN2O5. The number of benzene rings is 1. The van der Waals surface area contributed by atoms with Gasteiger partial charge in [-0.3, -0.25) is 14.9 Å². The number of carbonyl (C=O) groups excluding carboxylic acids is 1. The van der Waals surface area contributed by atoms with Crippen LogP contribution in [-0.4, -0.2) is 42.3 Å². The van der Waals surface area contributed by atoms with Crippen LogP contribution in [0.4, 0.5) is 0 Å². The number of carbonyl (C=O) groups is 2. The van der Waals surface area contributed by atoms with Gasteiger partial charge in [0.25, 0.3) is 0 Å². The van der Waals surface area contributed by atoms with Gasteiger partial charge in [-0.2, -0.15) is 0 Å². The van der Waals surface area contributed by atoms with Crippen LogP contribution < -0.4 is 20.1 Å². The molecule has 1 aliphatic heterocycles. The number of nitrogens with one attached hydrogen (secondary N) is 2. The van der Waals surface area contributed by atoms with Crippen LogP contribution in [0.15, 0.2) is 18.2 Å². The molecule has 0 radical (unpaired) electrons. The van der Waals surface area contributed by atoms with E-state index in [9.17, 15) is 14.7 Å². The first kappa shape index (κ1) is 22.1. The van der Waals surface area contributed by atoms with Crippen molar-refractivity contribution in [2.75, 3.05) is 13.2 Å². The van der Waals surface area contributed by atoms with Crippen molar-refractivity contribution >= 4 is 24.3 Å². The zero-order valence-electron chi connectivity index (χ0n) is 15.3. The van der Waals surface area contributed by atoms with Gasteiger partial charge in [-0.15, -0.1) is 12.4 Å². The van der Waals surface area contributed by atoms with Gasteiger partial charge >= 0.3 is 5.97 Å². The molecule has 3 N–H and O–H groups in total. The minimum atomic E-state index is -0.943. The highest BCUT2D eigenvalue weighted by Crippen LogP contribution is 2.32. The van der Waals surface area contributed by atoms with E-state index < -0.39 is 18.1 Å². The molecule has 1 amide bonds. The van der Waals surface area contributed by atoms with Crippen LogP contribution >= 0.6 is 12.4 Å². The topological polar surface area (TPSA) is 96.9 Å². The molecule has 2 rings (SSSR count). The molecule has 0 aromatic heterocycles. The largest absolute Gasteiger partial charge is 0.486 e. The molecule has 7 nitrogen and oxygen atoms in total. The van der Waals surface area contributed by atoms with Crippen LogP contribution in [0.3, 0.4) is 0 Å². The number of fused-ring (bicyclic) bond motifs is 1. The van der Waals surface area contributed by atoms with Gasteiger partial charge in [-0.05, 0) is 38.0 Å². The van der Waals surface area contributed by atoms with E-state index in [4.69, 9.17) is 9.47 Å². The highest BCUT2D eigenvalue weighted by Gasteiger charge is 2.23. The summed E-state index contributed by atoms with van der Waals surface area (Å²) >= 11 is 0. The Morgan fingerprint density at radius 3 is 2.46 bits per heavy atom. The summed E-state index contributed by atoms with van der Waals surface area (Å²) in [7, 11) is 0. The molecule has 1 aromatic rings. The molecule has 1 aromatic carbocycles. The van der Waals surface area contributed by atoms with Gasteiger partial charge in [0.1, 0.15) is 19.3 Å². The van der Waals surface area contributed by atoms with Crippen molar-refractivity contribution in [2.24, 2.45) is 0 Å². The monoisotopic (exact) mass is 386 g/mol. The molecule has 0 aliphatic carbocycles. The number of carboxylic acid groups (broad SMARTS) is 1. The maximum absolute atomic E-state index is 12.4. The molecule has 26 heavy (non-hydrogen) atoms. The summed E-state index contributed by atoms with van der Waals surface area (Å²) in [5.41, 5.74) is 0.896. The zero-order valence-corrected chi connectivity index (χ0v) is 16.1. The Hall–Kier alpha value is -1.99. The molecule has 0 spiro atoms. The first-order chi connectivity index (χ1) is 11.9. The molecule has 1 aliphatic rings.